The maximum atomic E-state index is 12.9. The Balaban J connectivity index is 1.62. The molecule has 0 spiro atoms. The van der Waals surface area contributed by atoms with Crippen LogP contribution in [0.5, 0.6) is 11.5 Å². The summed E-state index contributed by atoms with van der Waals surface area (Å²) in [6.45, 7) is 0.413. The van der Waals surface area contributed by atoms with E-state index in [0.717, 1.165) is 10.0 Å². The second kappa shape index (κ2) is 10.5. The first-order valence-electron chi connectivity index (χ1n) is 9.16. The zero-order valence-corrected chi connectivity index (χ0v) is 17.9. The standard InChI is InChI=1S/C23H20BrFN2O3/c1-29-21-12-18(14-26-27-23(28)11-16-7-9-19(25)10-8-16)20(24)13-22(21)30-15-17-5-3-2-4-6-17/h2-10,12-14H,11,15H2,1H3,(H,27,28)/b26-14+. The summed E-state index contributed by atoms with van der Waals surface area (Å²) >= 11 is 3.49. The highest BCUT2D eigenvalue weighted by molar-refractivity contribution is 9.10. The van der Waals surface area contributed by atoms with Crippen LogP contribution in [-0.4, -0.2) is 19.2 Å². The van der Waals surface area contributed by atoms with E-state index in [4.69, 9.17) is 9.47 Å². The van der Waals surface area contributed by atoms with Gasteiger partial charge in [-0.15, -0.1) is 0 Å². The number of hydrogen-bond donors (Lipinski definition) is 1. The molecule has 5 nitrogen and oxygen atoms in total. The van der Waals surface area contributed by atoms with Crippen molar-refractivity contribution in [3.8, 4) is 11.5 Å². The number of carbonyl (C=O) groups excluding carboxylic acids is 1. The van der Waals surface area contributed by atoms with Crippen LogP contribution in [-0.2, 0) is 17.8 Å². The van der Waals surface area contributed by atoms with Gasteiger partial charge in [-0.2, -0.15) is 5.10 Å². The van der Waals surface area contributed by atoms with E-state index < -0.39 is 0 Å². The van der Waals surface area contributed by atoms with Gasteiger partial charge in [-0.25, -0.2) is 9.82 Å². The first kappa shape index (κ1) is 21.5. The van der Waals surface area contributed by atoms with Crippen LogP contribution in [0.15, 0.2) is 76.3 Å². The van der Waals surface area contributed by atoms with E-state index in [1.165, 1.54) is 18.3 Å². The number of methoxy groups -OCH3 is 1. The highest BCUT2D eigenvalue weighted by atomic mass is 79.9. The van der Waals surface area contributed by atoms with Crippen molar-refractivity contribution < 1.29 is 18.7 Å². The summed E-state index contributed by atoms with van der Waals surface area (Å²) in [5.41, 5.74) is 4.92. The van der Waals surface area contributed by atoms with E-state index >= 15 is 0 Å². The van der Waals surface area contributed by atoms with Crippen LogP contribution in [0.2, 0.25) is 0 Å². The molecule has 3 aromatic rings. The Morgan fingerprint density at radius 3 is 2.50 bits per heavy atom. The number of hydrogen-bond acceptors (Lipinski definition) is 4. The summed E-state index contributed by atoms with van der Waals surface area (Å²) in [5.74, 6) is 0.495. The zero-order valence-electron chi connectivity index (χ0n) is 16.3. The predicted molar refractivity (Wildman–Crippen MR) is 117 cm³/mol. The van der Waals surface area contributed by atoms with Gasteiger partial charge in [0.1, 0.15) is 12.4 Å². The summed E-state index contributed by atoms with van der Waals surface area (Å²) in [4.78, 5) is 12.0. The lowest BCUT2D eigenvalue weighted by Crippen LogP contribution is -2.19. The second-order valence-corrected chi connectivity index (χ2v) is 7.25. The smallest absolute Gasteiger partial charge is 0.244 e. The zero-order chi connectivity index (χ0) is 21.3. The molecule has 30 heavy (non-hydrogen) atoms. The van der Waals surface area contributed by atoms with Gasteiger partial charge in [-0.1, -0.05) is 42.5 Å². The molecule has 0 aliphatic heterocycles. The summed E-state index contributed by atoms with van der Waals surface area (Å²) in [5, 5.41) is 3.99. The van der Waals surface area contributed by atoms with Gasteiger partial charge in [0.05, 0.1) is 19.7 Å². The molecule has 0 heterocycles. The normalized spacial score (nSPS) is 10.8. The number of hydrazone groups is 1. The number of carbonyl (C=O) groups is 1. The summed E-state index contributed by atoms with van der Waals surface area (Å²) in [7, 11) is 1.56. The molecular weight excluding hydrogens is 451 g/mol. The molecule has 0 saturated heterocycles. The number of rotatable bonds is 8. The van der Waals surface area contributed by atoms with Crippen molar-refractivity contribution in [2.45, 2.75) is 13.0 Å². The van der Waals surface area contributed by atoms with E-state index in [-0.39, 0.29) is 18.1 Å². The first-order chi connectivity index (χ1) is 14.5. The van der Waals surface area contributed by atoms with Crippen LogP contribution in [0.1, 0.15) is 16.7 Å². The van der Waals surface area contributed by atoms with Crippen LogP contribution in [0, 0.1) is 5.82 Å². The Bertz CT molecular complexity index is 1020. The molecule has 7 heteroatoms. The van der Waals surface area contributed by atoms with Crippen LogP contribution in [0.3, 0.4) is 0 Å². The molecule has 1 N–H and O–H groups in total. The fourth-order valence-corrected chi connectivity index (χ4v) is 3.08. The number of ether oxygens (including phenoxy) is 2. The van der Waals surface area contributed by atoms with Crippen molar-refractivity contribution in [2.75, 3.05) is 7.11 Å². The molecule has 0 aliphatic carbocycles. The summed E-state index contributed by atoms with van der Waals surface area (Å²) in [6, 6.07) is 19.1. The van der Waals surface area contributed by atoms with Gasteiger partial charge in [0.2, 0.25) is 5.91 Å². The third kappa shape index (κ3) is 6.15. The topological polar surface area (TPSA) is 59.9 Å². The molecule has 0 saturated carbocycles. The van der Waals surface area contributed by atoms with Crippen LogP contribution in [0.4, 0.5) is 4.39 Å². The Morgan fingerprint density at radius 2 is 1.80 bits per heavy atom. The number of nitrogens with one attached hydrogen (secondary N) is 1. The molecule has 0 unspecified atom stereocenters. The van der Waals surface area contributed by atoms with Gasteiger partial charge in [-0.05, 0) is 51.3 Å². The minimum absolute atomic E-state index is 0.106. The quantitative estimate of drug-likeness (QED) is 0.377. The van der Waals surface area contributed by atoms with Gasteiger partial charge in [0.15, 0.2) is 11.5 Å². The van der Waals surface area contributed by atoms with E-state index in [9.17, 15) is 9.18 Å². The van der Waals surface area contributed by atoms with Gasteiger partial charge in [0.25, 0.3) is 0 Å². The molecule has 1 amide bonds. The minimum atomic E-state index is -0.341. The molecule has 0 atom stereocenters. The SMILES string of the molecule is COc1cc(/C=N/NC(=O)Cc2ccc(F)cc2)c(Br)cc1OCc1ccccc1. The number of amides is 1. The van der Waals surface area contributed by atoms with E-state index in [2.05, 4.69) is 26.5 Å². The average molecular weight is 471 g/mol. The summed E-state index contributed by atoms with van der Waals surface area (Å²) in [6.07, 6.45) is 1.62. The Kier molecular flexibility index (Phi) is 7.57. The van der Waals surface area contributed by atoms with E-state index in [1.807, 2.05) is 30.3 Å². The lowest BCUT2D eigenvalue weighted by atomic mass is 10.1. The van der Waals surface area contributed by atoms with Crippen molar-refractivity contribution in [1.29, 1.82) is 0 Å². The van der Waals surface area contributed by atoms with Gasteiger partial charge in [0, 0.05) is 10.0 Å². The lowest BCUT2D eigenvalue weighted by Gasteiger charge is -2.12. The van der Waals surface area contributed by atoms with Crippen LogP contribution < -0.4 is 14.9 Å². The average Bonchev–Trinajstić information content (AvgIpc) is 2.76. The Labute approximate surface area is 182 Å². The Hall–Kier alpha value is -3.19. The van der Waals surface area contributed by atoms with Crippen LogP contribution >= 0.6 is 15.9 Å². The minimum Gasteiger partial charge on any atom is -0.493 e. The third-order valence-corrected chi connectivity index (χ3v) is 4.88. The molecule has 0 aromatic heterocycles. The lowest BCUT2D eigenvalue weighted by molar-refractivity contribution is -0.120. The van der Waals surface area contributed by atoms with Crippen molar-refractivity contribution >= 4 is 28.1 Å². The van der Waals surface area contributed by atoms with Gasteiger partial charge in [-0.3, -0.25) is 4.79 Å². The highest BCUT2D eigenvalue weighted by Crippen LogP contribution is 2.33. The molecule has 0 radical (unpaired) electrons. The van der Waals surface area contributed by atoms with Gasteiger partial charge >= 0.3 is 0 Å². The number of halogens is 2. The number of benzene rings is 3. The summed E-state index contributed by atoms with van der Waals surface area (Å²) < 4.78 is 25.0. The van der Waals surface area contributed by atoms with Crippen LogP contribution in [0.25, 0.3) is 0 Å². The fraction of sp³-hybridized carbons (Fsp3) is 0.130. The molecular formula is C23H20BrFN2O3. The maximum Gasteiger partial charge on any atom is 0.244 e. The largest absolute Gasteiger partial charge is 0.493 e. The predicted octanol–water partition coefficient (Wildman–Crippen LogP) is 4.87. The van der Waals surface area contributed by atoms with Gasteiger partial charge < -0.3 is 9.47 Å². The highest BCUT2D eigenvalue weighted by Gasteiger charge is 2.10. The third-order valence-electron chi connectivity index (χ3n) is 4.19. The number of nitrogens with zero attached hydrogens (tertiary/aromatic N) is 1. The molecule has 3 aromatic carbocycles. The van der Waals surface area contributed by atoms with Crippen molar-refractivity contribution in [3.63, 3.8) is 0 Å². The second-order valence-electron chi connectivity index (χ2n) is 6.40. The van der Waals surface area contributed by atoms with Crippen molar-refractivity contribution in [2.24, 2.45) is 5.10 Å². The monoisotopic (exact) mass is 470 g/mol. The molecule has 0 bridgehead atoms. The maximum absolute atomic E-state index is 12.9. The fourth-order valence-electron chi connectivity index (χ4n) is 2.66. The Morgan fingerprint density at radius 1 is 1.07 bits per heavy atom. The molecule has 0 fully saturated rings. The first-order valence-corrected chi connectivity index (χ1v) is 9.95. The molecule has 154 valence electrons. The van der Waals surface area contributed by atoms with Crippen molar-refractivity contribution in [1.82, 2.24) is 5.43 Å². The molecule has 0 aliphatic rings. The van der Waals surface area contributed by atoms with Crippen molar-refractivity contribution in [3.05, 3.63) is 93.7 Å². The van der Waals surface area contributed by atoms with E-state index in [1.54, 1.807) is 31.4 Å². The molecule has 3 rings (SSSR count). The van der Waals surface area contributed by atoms with E-state index in [0.29, 0.717) is 29.2 Å².